The Labute approximate surface area is 191 Å². The number of nitrogens with one attached hydrogen (secondary N) is 1. The van der Waals surface area contributed by atoms with Crippen LogP contribution in [0.2, 0.25) is 0 Å². The van der Waals surface area contributed by atoms with E-state index in [4.69, 9.17) is 9.15 Å². The molecule has 4 rings (SSSR count). The zero-order valence-electron chi connectivity index (χ0n) is 17.8. The molecule has 0 spiro atoms. The lowest BCUT2D eigenvalue weighted by Gasteiger charge is -2.21. The van der Waals surface area contributed by atoms with Crippen molar-refractivity contribution < 1.29 is 13.9 Å². The molecule has 1 heterocycles. The van der Waals surface area contributed by atoms with Crippen LogP contribution in [0.5, 0.6) is 5.75 Å². The van der Waals surface area contributed by atoms with Crippen LogP contribution in [-0.2, 0) is 4.79 Å². The fourth-order valence-electron chi connectivity index (χ4n) is 3.30. The van der Waals surface area contributed by atoms with Crippen LogP contribution in [0.15, 0.2) is 94.6 Å². The minimum atomic E-state index is -0.434. The van der Waals surface area contributed by atoms with Gasteiger partial charge in [0.15, 0.2) is 0 Å². The molecule has 1 unspecified atom stereocenters. The Morgan fingerprint density at radius 3 is 2.12 bits per heavy atom. The lowest BCUT2D eigenvalue weighted by Crippen LogP contribution is -2.34. The molecule has 1 amide bonds. The van der Waals surface area contributed by atoms with Crippen molar-refractivity contribution >= 4 is 17.7 Å². The first-order valence-corrected chi connectivity index (χ1v) is 11.1. The molecule has 1 atom stereocenters. The van der Waals surface area contributed by atoms with Crippen molar-refractivity contribution in [3.8, 4) is 17.2 Å². The molecule has 0 radical (unpaired) electrons. The summed E-state index contributed by atoms with van der Waals surface area (Å²) in [6, 6.07) is 27.0. The zero-order chi connectivity index (χ0) is 22.3. The van der Waals surface area contributed by atoms with Gasteiger partial charge in [-0.25, -0.2) is 0 Å². The van der Waals surface area contributed by atoms with Gasteiger partial charge in [0.25, 0.3) is 11.1 Å². The maximum atomic E-state index is 13.0. The van der Waals surface area contributed by atoms with Gasteiger partial charge in [0.2, 0.25) is 5.91 Å². The van der Waals surface area contributed by atoms with Crippen LogP contribution in [0, 0.1) is 0 Å². The fourth-order valence-corrected chi connectivity index (χ4v) is 3.99. The highest BCUT2D eigenvalue weighted by Crippen LogP contribution is 2.32. The van der Waals surface area contributed by atoms with Gasteiger partial charge in [-0.2, -0.15) is 0 Å². The smallest absolute Gasteiger partial charge is 0.277 e. The number of carbonyl (C=O) groups is 1. The molecule has 162 valence electrons. The van der Waals surface area contributed by atoms with Crippen molar-refractivity contribution in [2.45, 2.75) is 23.4 Å². The molecular formula is C25H23N3O3S. The number of methoxy groups -OCH3 is 1. The van der Waals surface area contributed by atoms with Crippen LogP contribution in [0.1, 0.15) is 24.1 Å². The number of thioether (sulfide) groups is 1. The van der Waals surface area contributed by atoms with Crippen LogP contribution in [0.25, 0.3) is 11.5 Å². The molecule has 0 fully saturated rings. The Bertz CT molecular complexity index is 1130. The Kier molecular flexibility index (Phi) is 6.87. The molecule has 4 aromatic rings. The third-order valence-electron chi connectivity index (χ3n) is 4.94. The first-order valence-electron chi connectivity index (χ1n) is 10.2. The van der Waals surface area contributed by atoms with E-state index in [2.05, 4.69) is 15.5 Å². The minimum Gasteiger partial charge on any atom is -0.496 e. The lowest BCUT2D eigenvalue weighted by atomic mass is 9.98. The molecule has 0 saturated carbocycles. The second kappa shape index (κ2) is 10.2. The van der Waals surface area contributed by atoms with Gasteiger partial charge in [-0.3, -0.25) is 4.79 Å². The molecule has 0 aliphatic rings. The molecule has 0 aliphatic heterocycles. The van der Waals surface area contributed by atoms with Gasteiger partial charge in [-0.05, 0) is 30.2 Å². The first-order chi connectivity index (χ1) is 15.7. The maximum Gasteiger partial charge on any atom is 0.277 e. The largest absolute Gasteiger partial charge is 0.496 e. The Balaban J connectivity index is 1.48. The molecule has 7 heteroatoms. The predicted molar refractivity (Wildman–Crippen MR) is 124 cm³/mol. The fraction of sp³-hybridized carbons (Fsp3) is 0.160. The van der Waals surface area contributed by atoms with Crippen LogP contribution in [0.4, 0.5) is 0 Å². The van der Waals surface area contributed by atoms with Crippen molar-refractivity contribution in [3.63, 3.8) is 0 Å². The van der Waals surface area contributed by atoms with Crippen molar-refractivity contribution in [2.24, 2.45) is 0 Å². The van der Waals surface area contributed by atoms with Gasteiger partial charge >= 0.3 is 0 Å². The molecule has 1 N–H and O–H groups in total. The topological polar surface area (TPSA) is 77.2 Å². The van der Waals surface area contributed by atoms with E-state index in [-0.39, 0.29) is 11.9 Å². The number of hydrogen-bond donors (Lipinski definition) is 1. The lowest BCUT2D eigenvalue weighted by molar-refractivity contribution is -0.120. The second-order valence-electron chi connectivity index (χ2n) is 7.10. The quantitative estimate of drug-likeness (QED) is 0.379. The van der Waals surface area contributed by atoms with Crippen LogP contribution < -0.4 is 10.1 Å². The van der Waals surface area contributed by atoms with Gasteiger partial charge in [0, 0.05) is 0 Å². The van der Waals surface area contributed by atoms with E-state index in [1.807, 2.05) is 91.9 Å². The third-order valence-corrected chi connectivity index (χ3v) is 5.88. The summed E-state index contributed by atoms with van der Waals surface area (Å²) in [4.78, 5) is 13.0. The Morgan fingerprint density at radius 2 is 1.50 bits per heavy atom. The van der Waals surface area contributed by atoms with Crippen LogP contribution >= 0.6 is 11.8 Å². The van der Waals surface area contributed by atoms with Gasteiger partial charge in [0.1, 0.15) is 5.75 Å². The van der Waals surface area contributed by atoms with E-state index in [0.717, 1.165) is 11.1 Å². The highest BCUT2D eigenvalue weighted by molar-refractivity contribution is 8.00. The number of para-hydroxylation sites is 1. The SMILES string of the molecule is COc1ccccc1-c1nnc(SC(C)C(=O)NC(c2ccccc2)c2ccccc2)o1. The predicted octanol–water partition coefficient (Wildman–Crippen LogP) is 5.13. The number of aromatic nitrogens is 2. The van der Waals surface area contributed by atoms with Crippen LogP contribution in [-0.4, -0.2) is 28.5 Å². The summed E-state index contributed by atoms with van der Waals surface area (Å²) in [6.07, 6.45) is 0. The summed E-state index contributed by atoms with van der Waals surface area (Å²) >= 11 is 1.22. The number of benzene rings is 3. The second-order valence-corrected chi connectivity index (χ2v) is 8.39. The minimum absolute atomic E-state index is 0.121. The van der Waals surface area contributed by atoms with Crippen molar-refractivity contribution in [1.29, 1.82) is 0 Å². The summed E-state index contributed by atoms with van der Waals surface area (Å²) in [5.41, 5.74) is 2.74. The van der Waals surface area contributed by atoms with E-state index in [1.165, 1.54) is 11.8 Å². The summed E-state index contributed by atoms with van der Waals surface area (Å²) in [7, 11) is 1.59. The van der Waals surface area contributed by atoms with E-state index in [0.29, 0.717) is 22.4 Å². The molecular weight excluding hydrogens is 422 g/mol. The molecule has 0 saturated heterocycles. The van der Waals surface area contributed by atoms with Crippen LogP contribution in [0.3, 0.4) is 0 Å². The van der Waals surface area contributed by atoms with Crippen molar-refractivity contribution in [2.75, 3.05) is 7.11 Å². The molecule has 3 aromatic carbocycles. The number of nitrogens with zero attached hydrogens (tertiary/aromatic N) is 2. The number of ether oxygens (including phenoxy) is 1. The highest BCUT2D eigenvalue weighted by atomic mass is 32.2. The number of amides is 1. The summed E-state index contributed by atoms with van der Waals surface area (Å²) < 4.78 is 11.1. The normalized spacial score (nSPS) is 11.8. The third kappa shape index (κ3) is 5.00. The zero-order valence-corrected chi connectivity index (χ0v) is 18.6. The van der Waals surface area contributed by atoms with E-state index in [1.54, 1.807) is 7.11 Å². The van der Waals surface area contributed by atoms with E-state index < -0.39 is 5.25 Å². The standard InChI is InChI=1S/C25H23N3O3S/c1-17(32-25-28-27-24(31-25)20-15-9-10-16-21(20)30-2)23(29)26-22(18-11-5-3-6-12-18)19-13-7-4-8-14-19/h3-17,22H,1-2H3,(H,26,29). The molecule has 6 nitrogen and oxygen atoms in total. The average molecular weight is 446 g/mol. The van der Waals surface area contributed by atoms with Gasteiger partial charge in [-0.15, -0.1) is 10.2 Å². The number of carbonyl (C=O) groups excluding carboxylic acids is 1. The summed E-state index contributed by atoms with van der Waals surface area (Å²) in [5, 5.41) is 11.3. The number of hydrogen-bond acceptors (Lipinski definition) is 6. The van der Waals surface area contributed by atoms with E-state index >= 15 is 0 Å². The van der Waals surface area contributed by atoms with Gasteiger partial charge < -0.3 is 14.5 Å². The summed E-state index contributed by atoms with van der Waals surface area (Å²) in [5.74, 6) is 0.876. The molecule has 0 bridgehead atoms. The summed E-state index contributed by atoms with van der Waals surface area (Å²) in [6.45, 7) is 1.82. The van der Waals surface area contributed by atoms with E-state index in [9.17, 15) is 4.79 Å². The van der Waals surface area contributed by atoms with Crippen molar-refractivity contribution in [1.82, 2.24) is 15.5 Å². The van der Waals surface area contributed by atoms with Gasteiger partial charge in [-0.1, -0.05) is 84.6 Å². The number of rotatable bonds is 8. The Morgan fingerprint density at radius 1 is 0.906 bits per heavy atom. The Hall–Kier alpha value is -3.58. The molecule has 1 aromatic heterocycles. The molecule has 32 heavy (non-hydrogen) atoms. The highest BCUT2D eigenvalue weighted by Gasteiger charge is 2.23. The van der Waals surface area contributed by atoms with Gasteiger partial charge in [0.05, 0.1) is 24.0 Å². The first kappa shape index (κ1) is 21.6. The maximum absolute atomic E-state index is 13.0. The molecule has 0 aliphatic carbocycles. The van der Waals surface area contributed by atoms with Crippen molar-refractivity contribution in [3.05, 3.63) is 96.1 Å². The average Bonchev–Trinajstić information content (AvgIpc) is 3.31. The monoisotopic (exact) mass is 445 g/mol.